The van der Waals surface area contributed by atoms with Gasteiger partial charge in [-0.1, -0.05) is 12.1 Å². The highest BCUT2D eigenvalue weighted by Crippen LogP contribution is 2.24. The van der Waals surface area contributed by atoms with E-state index in [0.29, 0.717) is 30.1 Å². The monoisotopic (exact) mass is 341 g/mol. The van der Waals surface area contributed by atoms with Crippen LogP contribution in [0.25, 0.3) is 0 Å². The smallest absolute Gasteiger partial charge is 0.310 e. The van der Waals surface area contributed by atoms with Crippen LogP contribution in [0.5, 0.6) is 0 Å². The molecule has 132 valence electrons. The van der Waals surface area contributed by atoms with Crippen LogP contribution in [0, 0.1) is 0 Å². The van der Waals surface area contributed by atoms with E-state index in [0.717, 1.165) is 11.3 Å². The van der Waals surface area contributed by atoms with E-state index in [1.165, 1.54) is 0 Å². The number of nitrogens with two attached hydrogens (primary N) is 1. The zero-order valence-corrected chi connectivity index (χ0v) is 14.5. The highest BCUT2D eigenvalue weighted by atomic mass is 16.5. The van der Waals surface area contributed by atoms with Gasteiger partial charge in [-0.3, -0.25) is 9.59 Å². The summed E-state index contributed by atoms with van der Waals surface area (Å²) in [4.78, 5) is 23.3. The maximum absolute atomic E-state index is 11.8. The summed E-state index contributed by atoms with van der Waals surface area (Å²) in [6, 6.07) is 12.6. The molecule has 0 aliphatic heterocycles. The summed E-state index contributed by atoms with van der Waals surface area (Å²) >= 11 is 0. The van der Waals surface area contributed by atoms with Crippen molar-refractivity contribution in [3.63, 3.8) is 0 Å². The second-order valence-electron chi connectivity index (χ2n) is 5.47. The summed E-state index contributed by atoms with van der Waals surface area (Å²) in [5.41, 5.74) is 9.47. The lowest BCUT2D eigenvalue weighted by molar-refractivity contribution is -0.142. The van der Waals surface area contributed by atoms with Gasteiger partial charge in [0.05, 0.1) is 24.4 Å². The Balaban J connectivity index is 2.04. The molecule has 4 N–H and O–H groups in total. The van der Waals surface area contributed by atoms with Gasteiger partial charge in [-0.05, 0) is 49.7 Å². The summed E-state index contributed by atoms with van der Waals surface area (Å²) in [5.74, 6) is -0.391. The van der Waals surface area contributed by atoms with Crippen LogP contribution < -0.4 is 16.4 Å². The molecule has 2 aromatic carbocycles. The molecule has 6 nitrogen and oxygen atoms in total. The third-order valence-corrected chi connectivity index (χ3v) is 3.54. The summed E-state index contributed by atoms with van der Waals surface area (Å²) in [7, 11) is 0. The summed E-state index contributed by atoms with van der Waals surface area (Å²) < 4.78 is 4.93. The minimum atomic E-state index is -0.242. The Morgan fingerprint density at radius 3 is 2.40 bits per heavy atom. The lowest BCUT2D eigenvalue weighted by Crippen LogP contribution is -2.22. The van der Waals surface area contributed by atoms with E-state index in [9.17, 15) is 9.59 Å². The standard InChI is InChI=1S/C19H23N3O3/c1-3-21-19(24)14-7-10-17(16(20)12-14)22-15-8-5-13(6-9-15)11-18(23)25-4-2/h5-10,12,22H,3-4,11,20H2,1-2H3,(H,21,24). The fraction of sp³-hybridized carbons (Fsp3) is 0.263. The molecule has 0 radical (unpaired) electrons. The van der Waals surface area contributed by atoms with Crippen molar-refractivity contribution in [2.45, 2.75) is 20.3 Å². The molecule has 0 saturated carbocycles. The maximum Gasteiger partial charge on any atom is 0.310 e. The number of carbonyl (C=O) groups is 2. The number of nitrogen functional groups attached to an aromatic ring is 1. The molecule has 0 saturated heterocycles. The zero-order chi connectivity index (χ0) is 18.2. The lowest BCUT2D eigenvalue weighted by Gasteiger charge is -2.11. The van der Waals surface area contributed by atoms with Gasteiger partial charge in [0.25, 0.3) is 5.91 Å². The van der Waals surface area contributed by atoms with Crippen LogP contribution >= 0.6 is 0 Å². The molecular formula is C19H23N3O3. The number of ether oxygens (including phenoxy) is 1. The van der Waals surface area contributed by atoms with Gasteiger partial charge in [-0.2, -0.15) is 0 Å². The van der Waals surface area contributed by atoms with Crippen molar-refractivity contribution in [1.29, 1.82) is 0 Å². The summed E-state index contributed by atoms with van der Waals surface area (Å²) in [6.07, 6.45) is 0.248. The van der Waals surface area contributed by atoms with Crippen LogP contribution in [-0.4, -0.2) is 25.0 Å². The first kappa shape index (κ1) is 18.3. The van der Waals surface area contributed by atoms with Crippen molar-refractivity contribution in [2.24, 2.45) is 0 Å². The van der Waals surface area contributed by atoms with Crippen LogP contribution in [0.4, 0.5) is 17.1 Å². The van der Waals surface area contributed by atoms with Crippen LogP contribution in [0.1, 0.15) is 29.8 Å². The zero-order valence-electron chi connectivity index (χ0n) is 14.5. The van der Waals surface area contributed by atoms with Gasteiger partial charge in [0, 0.05) is 17.8 Å². The Morgan fingerprint density at radius 2 is 1.80 bits per heavy atom. The van der Waals surface area contributed by atoms with Crippen LogP contribution in [-0.2, 0) is 16.0 Å². The van der Waals surface area contributed by atoms with E-state index < -0.39 is 0 Å². The number of carbonyl (C=O) groups excluding carboxylic acids is 2. The van der Waals surface area contributed by atoms with Gasteiger partial charge in [0.15, 0.2) is 0 Å². The molecule has 0 spiro atoms. The summed E-state index contributed by atoms with van der Waals surface area (Å²) in [5, 5.41) is 5.94. The molecule has 2 rings (SSSR count). The predicted molar refractivity (Wildman–Crippen MR) is 98.9 cm³/mol. The molecule has 25 heavy (non-hydrogen) atoms. The van der Waals surface area contributed by atoms with Gasteiger partial charge in [-0.25, -0.2) is 0 Å². The van der Waals surface area contributed by atoms with E-state index in [1.807, 2.05) is 31.2 Å². The van der Waals surface area contributed by atoms with E-state index in [1.54, 1.807) is 25.1 Å². The molecule has 0 aromatic heterocycles. The molecule has 0 heterocycles. The molecule has 6 heteroatoms. The molecule has 0 fully saturated rings. The SMILES string of the molecule is CCNC(=O)c1ccc(Nc2ccc(CC(=O)OCC)cc2)c(N)c1. The predicted octanol–water partition coefficient (Wildman–Crippen LogP) is 2.87. The maximum atomic E-state index is 11.8. The topological polar surface area (TPSA) is 93.5 Å². The molecular weight excluding hydrogens is 318 g/mol. The average Bonchev–Trinajstić information content (AvgIpc) is 2.58. The van der Waals surface area contributed by atoms with Gasteiger partial charge in [-0.15, -0.1) is 0 Å². The minimum Gasteiger partial charge on any atom is -0.466 e. The van der Waals surface area contributed by atoms with Crippen LogP contribution in [0.15, 0.2) is 42.5 Å². The van der Waals surface area contributed by atoms with Crippen molar-refractivity contribution >= 4 is 28.9 Å². The largest absolute Gasteiger partial charge is 0.466 e. The average molecular weight is 341 g/mol. The van der Waals surface area contributed by atoms with E-state index in [2.05, 4.69) is 10.6 Å². The van der Waals surface area contributed by atoms with Crippen LogP contribution in [0.2, 0.25) is 0 Å². The third kappa shape index (κ3) is 5.24. The van der Waals surface area contributed by atoms with Crippen molar-refractivity contribution in [1.82, 2.24) is 5.32 Å². The van der Waals surface area contributed by atoms with Crippen molar-refractivity contribution in [3.05, 3.63) is 53.6 Å². The number of amides is 1. The van der Waals surface area contributed by atoms with Crippen molar-refractivity contribution < 1.29 is 14.3 Å². The van der Waals surface area contributed by atoms with E-state index >= 15 is 0 Å². The molecule has 0 aliphatic rings. The Bertz CT molecular complexity index is 742. The first-order chi connectivity index (χ1) is 12.0. The molecule has 0 aliphatic carbocycles. The fourth-order valence-electron chi connectivity index (χ4n) is 2.32. The van der Waals surface area contributed by atoms with Crippen molar-refractivity contribution in [3.8, 4) is 0 Å². The fourth-order valence-corrected chi connectivity index (χ4v) is 2.32. The highest BCUT2D eigenvalue weighted by molar-refractivity contribution is 5.96. The third-order valence-electron chi connectivity index (χ3n) is 3.54. The van der Waals surface area contributed by atoms with E-state index in [-0.39, 0.29) is 18.3 Å². The van der Waals surface area contributed by atoms with Gasteiger partial charge in [0.1, 0.15) is 0 Å². The Labute approximate surface area is 147 Å². The first-order valence-corrected chi connectivity index (χ1v) is 8.22. The number of rotatable bonds is 7. The van der Waals surface area contributed by atoms with Gasteiger partial charge >= 0.3 is 5.97 Å². The quantitative estimate of drug-likeness (QED) is 0.532. The number of benzene rings is 2. The number of nitrogens with one attached hydrogen (secondary N) is 2. The lowest BCUT2D eigenvalue weighted by atomic mass is 10.1. The van der Waals surface area contributed by atoms with Crippen molar-refractivity contribution in [2.75, 3.05) is 24.2 Å². The molecule has 0 bridgehead atoms. The normalized spacial score (nSPS) is 10.2. The number of hydrogen-bond donors (Lipinski definition) is 3. The van der Waals surface area contributed by atoms with Gasteiger partial charge < -0.3 is 21.1 Å². The number of anilines is 3. The molecule has 0 atom stereocenters. The summed E-state index contributed by atoms with van der Waals surface area (Å²) in [6.45, 7) is 4.59. The second-order valence-corrected chi connectivity index (χ2v) is 5.47. The number of hydrogen-bond acceptors (Lipinski definition) is 5. The van der Waals surface area contributed by atoms with Crippen LogP contribution in [0.3, 0.4) is 0 Å². The molecule has 0 unspecified atom stereocenters. The Morgan fingerprint density at radius 1 is 1.08 bits per heavy atom. The Hall–Kier alpha value is -3.02. The second kappa shape index (κ2) is 8.73. The molecule has 2 aromatic rings. The first-order valence-electron chi connectivity index (χ1n) is 8.22. The van der Waals surface area contributed by atoms with E-state index in [4.69, 9.17) is 10.5 Å². The Kier molecular flexibility index (Phi) is 6.39. The highest BCUT2D eigenvalue weighted by Gasteiger charge is 2.08. The van der Waals surface area contributed by atoms with Gasteiger partial charge in [0.2, 0.25) is 0 Å². The number of esters is 1. The molecule has 1 amide bonds. The minimum absolute atomic E-state index is 0.149.